The van der Waals surface area contributed by atoms with E-state index in [1.807, 2.05) is 31.7 Å². The Morgan fingerprint density at radius 1 is 1.33 bits per heavy atom. The predicted octanol–water partition coefficient (Wildman–Crippen LogP) is 1.73. The first kappa shape index (κ1) is 12.7. The minimum atomic E-state index is 0.0215. The van der Waals surface area contributed by atoms with Crippen molar-refractivity contribution in [1.29, 1.82) is 0 Å². The van der Waals surface area contributed by atoms with Crippen LogP contribution >= 0.6 is 11.8 Å². The summed E-state index contributed by atoms with van der Waals surface area (Å²) in [6.45, 7) is 3.85. The van der Waals surface area contributed by atoms with Crippen molar-refractivity contribution in [2.75, 3.05) is 5.73 Å². The maximum atomic E-state index is 5.99. The van der Waals surface area contributed by atoms with Crippen molar-refractivity contribution in [1.82, 2.24) is 19.5 Å². The molecule has 7 heteroatoms. The first-order chi connectivity index (χ1) is 8.58. The van der Waals surface area contributed by atoms with Gasteiger partial charge < -0.3 is 15.0 Å². The number of aryl methyl sites for hydroxylation is 1. The molecule has 0 aliphatic heterocycles. The van der Waals surface area contributed by atoms with Crippen LogP contribution in [-0.4, -0.2) is 25.6 Å². The molecule has 2 aromatic heterocycles. The van der Waals surface area contributed by atoms with Crippen LogP contribution in [0.3, 0.4) is 0 Å². The summed E-state index contributed by atoms with van der Waals surface area (Å²) in [5, 5.41) is 1.46. The Labute approximate surface area is 110 Å². The molecule has 0 radical (unpaired) electrons. The fourth-order valence-electron chi connectivity index (χ4n) is 1.30. The number of hydrogen-bond acceptors (Lipinski definition) is 6. The van der Waals surface area contributed by atoms with Crippen LogP contribution in [0.2, 0.25) is 0 Å². The molecule has 0 saturated heterocycles. The highest BCUT2D eigenvalue weighted by Gasteiger charge is 2.13. The standard InChI is InChI=1S/C11H15N5OS/c1-7(2)17-9-8(12)10(15-6-14-9)18-11-13-4-5-16(11)3/h4-7H,12H2,1-3H3. The lowest BCUT2D eigenvalue weighted by Gasteiger charge is -2.12. The molecule has 96 valence electrons. The lowest BCUT2D eigenvalue weighted by molar-refractivity contribution is 0.233. The summed E-state index contributed by atoms with van der Waals surface area (Å²) in [6.07, 6.45) is 5.06. The highest BCUT2D eigenvalue weighted by molar-refractivity contribution is 7.99. The molecular weight excluding hydrogens is 250 g/mol. The summed E-state index contributed by atoms with van der Waals surface area (Å²) in [4.78, 5) is 12.4. The molecule has 0 aliphatic carbocycles. The number of imidazole rings is 1. The predicted molar refractivity (Wildman–Crippen MR) is 69.5 cm³/mol. The monoisotopic (exact) mass is 265 g/mol. The van der Waals surface area contributed by atoms with Gasteiger partial charge >= 0.3 is 0 Å². The van der Waals surface area contributed by atoms with Crippen LogP contribution in [0.5, 0.6) is 5.88 Å². The van der Waals surface area contributed by atoms with Crippen molar-refractivity contribution >= 4 is 17.4 Å². The highest BCUT2D eigenvalue weighted by Crippen LogP contribution is 2.33. The number of aromatic nitrogens is 4. The zero-order valence-corrected chi connectivity index (χ0v) is 11.3. The van der Waals surface area contributed by atoms with Crippen molar-refractivity contribution in [3.05, 3.63) is 18.7 Å². The number of hydrogen-bond donors (Lipinski definition) is 1. The largest absolute Gasteiger partial charge is 0.473 e. The fraction of sp³-hybridized carbons (Fsp3) is 0.364. The van der Waals surface area contributed by atoms with Crippen LogP contribution in [0.25, 0.3) is 0 Å². The lowest BCUT2D eigenvalue weighted by Crippen LogP contribution is -2.10. The molecule has 0 spiro atoms. The summed E-state index contributed by atoms with van der Waals surface area (Å²) >= 11 is 1.38. The van der Waals surface area contributed by atoms with Gasteiger partial charge in [0, 0.05) is 19.4 Å². The molecule has 0 bridgehead atoms. The quantitative estimate of drug-likeness (QED) is 0.848. The van der Waals surface area contributed by atoms with Gasteiger partial charge in [-0.1, -0.05) is 0 Å². The third kappa shape index (κ3) is 2.73. The van der Waals surface area contributed by atoms with Gasteiger partial charge in [0.2, 0.25) is 5.88 Å². The Balaban J connectivity index is 2.26. The molecule has 2 aromatic rings. The minimum Gasteiger partial charge on any atom is -0.473 e. The third-order valence-electron chi connectivity index (χ3n) is 2.12. The Kier molecular flexibility index (Phi) is 3.71. The number of nitrogens with two attached hydrogens (primary N) is 1. The van der Waals surface area contributed by atoms with Crippen LogP contribution < -0.4 is 10.5 Å². The maximum absolute atomic E-state index is 5.99. The zero-order valence-electron chi connectivity index (χ0n) is 10.5. The van der Waals surface area contributed by atoms with Crippen LogP contribution in [0.4, 0.5) is 5.69 Å². The second-order valence-corrected chi connectivity index (χ2v) is 4.94. The topological polar surface area (TPSA) is 78.9 Å². The van der Waals surface area contributed by atoms with E-state index in [1.54, 1.807) is 6.20 Å². The van der Waals surface area contributed by atoms with E-state index in [1.165, 1.54) is 18.1 Å². The SMILES string of the molecule is CC(C)Oc1ncnc(Sc2nccn2C)c1N. The van der Waals surface area contributed by atoms with Crippen LogP contribution in [0.15, 0.2) is 28.9 Å². The number of ether oxygens (including phenoxy) is 1. The molecule has 0 atom stereocenters. The number of nitrogen functional groups attached to an aromatic ring is 1. The van der Waals surface area contributed by atoms with Crippen LogP contribution in [-0.2, 0) is 7.05 Å². The summed E-state index contributed by atoms with van der Waals surface area (Å²) in [6, 6.07) is 0. The molecule has 2 rings (SSSR count). The summed E-state index contributed by atoms with van der Waals surface area (Å²) in [5.74, 6) is 0.414. The second-order valence-electron chi connectivity index (χ2n) is 3.99. The van der Waals surface area contributed by atoms with Gasteiger partial charge in [0.05, 0.1) is 6.10 Å². The van der Waals surface area contributed by atoms with Gasteiger partial charge in [-0.3, -0.25) is 0 Å². The van der Waals surface area contributed by atoms with E-state index in [0.29, 0.717) is 16.6 Å². The van der Waals surface area contributed by atoms with E-state index < -0.39 is 0 Å². The van der Waals surface area contributed by atoms with Gasteiger partial charge in [0.25, 0.3) is 0 Å². The smallest absolute Gasteiger partial charge is 0.241 e. The second kappa shape index (κ2) is 5.26. The molecule has 2 N–H and O–H groups in total. The van der Waals surface area contributed by atoms with E-state index in [-0.39, 0.29) is 6.10 Å². The molecular formula is C11H15N5OS. The molecule has 0 aromatic carbocycles. The molecule has 6 nitrogen and oxygen atoms in total. The van der Waals surface area contributed by atoms with Gasteiger partial charge in [-0.05, 0) is 25.6 Å². The van der Waals surface area contributed by atoms with Crippen LogP contribution in [0, 0.1) is 0 Å². The van der Waals surface area contributed by atoms with Gasteiger partial charge in [0.15, 0.2) is 5.16 Å². The number of anilines is 1. The van der Waals surface area contributed by atoms with E-state index in [4.69, 9.17) is 10.5 Å². The molecule has 18 heavy (non-hydrogen) atoms. The number of rotatable bonds is 4. The van der Waals surface area contributed by atoms with E-state index in [2.05, 4.69) is 15.0 Å². The minimum absolute atomic E-state index is 0.0215. The first-order valence-electron chi connectivity index (χ1n) is 5.50. The average Bonchev–Trinajstić information content (AvgIpc) is 2.70. The molecule has 0 fully saturated rings. The number of nitrogens with zero attached hydrogens (tertiary/aromatic N) is 4. The Morgan fingerprint density at radius 2 is 2.11 bits per heavy atom. The maximum Gasteiger partial charge on any atom is 0.241 e. The van der Waals surface area contributed by atoms with Gasteiger partial charge in [-0.2, -0.15) is 4.98 Å². The third-order valence-corrected chi connectivity index (χ3v) is 3.22. The van der Waals surface area contributed by atoms with Gasteiger partial charge in [-0.25, -0.2) is 9.97 Å². The van der Waals surface area contributed by atoms with E-state index >= 15 is 0 Å². The van der Waals surface area contributed by atoms with Crippen LogP contribution in [0.1, 0.15) is 13.8 Å². The lowest BCUT2D eigenvalue weighted by atomic mass is 10.4. The van der Waals surface area contributed by atoms with Crippen molar-refractivity contribution in [3.63, 3.8) is 0 Å². The Bertz CT molecular complexity index is 540. The summed E-state index contributed by atoms with van der Waals surface area (Å²) in [5.41, 5.74) is 6.43. The molecule has 0 aliphatic rings. The summed E-state index contributed by atoms with van der Waals surface area (Å²) < 4.78 is 7.42. The van der Waals surface area contributed by atoms with Crippen molar-refractivity contribution < 1.29 is 4.74 Å². The van der Waals surface area contributed by atoms with Crippen molar-refractivity contribution in [3.8, 4) is 5.88 Å². The first-order valence-corrected chi connectivity index (χ1v) is 6.32. The Morgan fingerprint density at radius 3 is 2.72 bits per heavy atom. The van der Waals surface area contributed by atoms with Gasteiger partial charge in [0.1, 0.15) is 17.0 Å². The molecule has 0 amide bonds. The van der Waals surface area contributed by atoms with E-state index in [9.17, 15) is 0 Å². The normalized spacial score (nSPS) is 10.9. The summed E-state index contributed by atoms with van der Waals surface area (Å²) in [7, 11) is 1.91. The Hall–Kier alpha value is -1.76. The van der Waals surface area contributed by atoms with Crippen molar-refractivity contribution in [2.24, 2.45) is 7.05 Å². The molecule has 0 saturated carbocycles. The highest BCUT2D eigenvalue weighted by atomic mass is 32.2. The molecule has 0 unspecified atom stereocenters. The average molecular weight is 265 g/mol. The fourth-order valence-corrected chi connectivity index (χ4v) is 2.09. The van der Waals surface area contributed by atoms with E-state index in [0.717, 1.165) is 5.16 Å². The zero-order chi connectivity index (χ0) is 13.1. The molecule has 2 heterocycles. The van der Waals surface area contributed by atoms with Crippen molar-refractivity contribution in [2.45, 2.75) is 30.1 Å². The van der Waals surface area contributed by atoms with Gasteiger partial charge in [-0.15, -0.1) is 0 Å².